The van der Waals surface area contributed by atoms with Gasteiger partial charge < -0.3 is 5.11 Å². The second-order valence-electron chi connectivity index (χ2n) is 4.07. The third-order valence-electron chi connectivity index (χ3n) is 2.78. The van der Waals surface area contributed by atoms with Crippen molar-refractivity contribution in [2.24, 2.45) is 0 Å². The highest BCUT2D eigenvalue weighted by Gasteiger charge is 2.14. The number of hydrogen-bond acceptors (Lipinski definition) is 2. The molecule has 0 saturated carbocycles. The van der Waals surface area contributed by atoms with Crippen molar-refractivity contribution in [3.05, 3.63) is 51.8 Å². The summed E-state index contributed by atoms with van der Waals surface area (Å²) in [4.78, 5) is 0. The van der Waals surface area contributed by atoms with Gasteiger partial charge in [-0.2, -0.15) is 5.10 Å². The lowest BCUT2D eigenvalue weighted by atomic mass is 10.0. The Morgan fingerprint density at radius 3 is 2.83 bits per heavy atom. The first-order valence-electron chi connectivity index (χ1n) is 5.75. The summed E-state index contributed by atoms with van der Waals surface area (Å²) in [5, 5.41) is 15.2. The largest absolute Gasteiger partial charge is 0.388 e. The van der Waals surface area contributed by atoms with Crippen molar-refractivity contribution in [1.82, 2.24) is 9.78 Å². The molecule has 0 saturated heterocycles. The van der Waals surface area contributed by atoms with Crippen LogP contribution < -0.4 is 0 Å². The number of aromatic nitrogens is 2. The number of nitrogens with zero attached hydrogens (tertiary/aromatic N) is 2. The maximum Gasteiger partial charge on any atom is 0.0846 e. The maximum atomic E-state index is 10.2. The zero-order valence-corrected chi connectivity index (χ0v) is 11.5. The fraction of sp³-hybridized carbons (Fsp3) is 0.308. The predicted octanol–water partition coefficient (Wildman–Crippen LogP) is 3.49. The number of aliphatic hydroxyl groups is 1. The van der Waals surface area contributed by atoms with Crippen LogP contribution in [0.4, 0.5) is 0 Å². The van der Waals surface area contributed by atoms with Crippen molar-refractivity contribution >= 4 is 23.2 Å². The molecule has 0 radical (unpaired) electrons. The fourth-order valence-corrected chi connectivity index (χ4v) is 2.23. The van der Waals surface area contributed by atoms with Crippen molar-refractivity contribution in [1.29, 1.82) is 0 Å². The number of benzene rings is 1. The standard InChI is InChI=1S/C13H14Cl2N2O/c1-2-17-8-9(7-16-17)6-12(18)10-4-3-5-11(14)13(10)15/h3-5,7-8,12,18H,2,6H2,1H3. The third-order valence-corrected chi connectivity index (χ3v) is 3.61. The highest BCUT2D eigenvalue weighted by atomic mass is 35.5. The number of hydrogen-bond donors (Lipinski definition) is 1. The number of rotatable bonds is 4. The zero-order chi connectivity index (χ0) is 13.1. The van der Waals surface area contributed by atoms with Gasteiger partial charge in [0.15, 0.2) is 0 Å². The summed E-state index contributed by atoms with van der Waals surface area (Å²) in [6.45, 7) is 2.83. The summed E-state index contributed by atoms with van der Waals surface area (Å²) in [5.74, 6) is 0. The summed E-state index contributed by atoms with van der Waals surface area (Å²) in [7, 11) is 0. The lowest BCUT2D eigenvalue weighted by Gasteiger charge is -2.12. The molecule has 1 N–H and O–H groups in total. The van der Waals surface area contributed by atoms with Crippen molar-refractivity contribution in [3.8, 4) is 0 Å². The van der Waals surface area contributed by atoms with Gasteiger partial charge in [0.05, 0.1) is 22.3 Å². The SMILES string of the molecule is CCn1cc(CC(O)c2cccc(Cl)c2Cl)cn1. The van der Waals surface area contributed by atoms with E-state index in [9.17, 15) is 5.11 Å². The van der Waals surface area contributed by atoms with Gasteiger partial charge in [0.2, 0.25) is 0 Å². The van der Waals surface area contributed by atoms with Crippen LogP contribution >= 0.6 is 23.2 Å². The van der Waals surface area contributed by atoms with Crippen molar-refractivity contribution in [2.45, 2.75) is 26.0 Å². The predicted molar refractivity (Wildman–Crippen MR) is 73.0 cm³/mol. The normalized spacial score (nSPS) is 12.7. The Hall–Kier alpha value is -1.03. The van der Waals surface area contributed by atoms with E-state index in [1.807, 2.05) is 17.8 Å². The first-order chi connectivity index (χ1) is 8.61. The minimum atomic E-state index is -0.675. The van der Waals surface area contributed by atoms with Crippen LogP contribution in [0.1, 0.15) is 24.2 Å². The highest BCUT2D eigenvalue weighted by Crippen LogP contribution is 2.31. The van der Waals surface area contributed by atoms with Crippen LogP contribution in [-0.4, -0.2) is 14.9 Å². The Kier molecular flexibility index (Phi) is 4.27. The summed E-state index contributed by atoms with van der Waals surface area (Å²) >= 11 is 12.0. The van der Waals surface area contributed by atoms with E-state index >= 15 is 0 Å². The van der Waals surface area contributed by atoms with Crippen LogP contribution in [0.3, 0.4) is 0 Å². The molecule has 0 aliphatic rings. The number of aryl methyl sites for hydroxylation is 1. The second-order valence-corrected chi connectivity index (χ2v) is 4.85. The van der Waals surface area contributed by atoms with Gasteiger partial charge in [0.1, 0.15) is 0 Å². The first kappa shape index (κ1) is 13.4. The van der Waals surface area contributed by atoms with E-state index < -0.39 is 6.10 Å². The van der Waals surface area contributed by atoms with Crippen LogP contribution in [0.5, 0.6) is 0 Å². The molecule has 96 valence electrons. The van der Waals surface area contributed by atoms with Gasteiger partial charge in [0, 0.05) is 24.7 Å². The second kappa shape index (κ2) is 5.74. The van der Waals surface area contributed by atoms with Crippen LogP contribution in [0.2, 0.25) is 10.0 Å². The average molecular weight is 285 g/mol. The smallest absolute Gasteiger partial charge is 0.0846 e. The molecule has 1 atom stereocenters. The first-order valence-corrected chi connectivity index (χ1v) is 6.50. The fourth-order valence-electron chi connectivity index (χ4n) is 1.80. The molecule has 1 aromatic heterocycles. The molecule has 1 unspecified atom stereocenters. The van der Waals surface area contributed by atoms with Crippen molar-refractivity contribution < 1.29 is 5.11 Å². The average Bonchev–Trinajstić information content (AvgIpc) is 2.80. The summed E-state index contributed by atoms with van der Waals surface area (Å²) in [6, 6.07) is 5.26. The number of halogens is 2. The lowest BCUT2D eigenvalue weighted by Crippen LogP contribution is -2.02. The lowest BCUT2D eigenvalue weighted by molar-refractivity contribution is 0.178. The van der Waals surface area contributed by atoms with Crippen molar-refractivity contribution in [3.63, 3.8) is 0 Å². The van der Waals surface area contributed by atoms with Gasteiger partial charge >= 0.3 is 0 Å². The molecule has 3 nitrogen and oxygen atoms in total. The van der Waals surface area contributed by atoms with E-state index in [1.165, 1.54) is 0 Å². The van der Waals surface area contributed by atoms with Crippen LogP contribution in [0.15, 0.2) is 30.6 Å². The van der Waals surface area contributed by atoms with Gasteiger partial charge in [0.25, 0.3) is 0 Å². The molecule has 0 amide bonds. The van der Waals surface area contributed by atoms with E-state index in [1.54, 1.807) is 24.4 Å². The monoisotopic (exact) mass is 284 g/mol. The molecule has 2 aromatic rings. The van der Waals surface area contributed by atoms with E-state index in [2.05, 4.69) is 5.10 Å². The summed E-state index contributed by atoms with van der Waals surface area (Å²) < 4.78 is 1.82. The molecule has 1 aromatic carbocycles. The molecule has 0 spiro atoms. The Balaban J connectivity index is 2.16. The molecule has 0 bridgehead atoms. The minimum Gasteiger partial charge on any atom is -0.388 e. The minimum absolute atomic E-state index is 0.412. The molecule has 0 fully saturated rings. The van der Waals surface area contributed by atoms with Gasteiger partial charge in [-0.15, -0.1) is 0 Å². The van der Waals surface area contributed by atoms with Gasteiger partial charge in [-0.05, 0) is 18.6 Å². The van der Waals surface area contributed by atoms with E-state index in [4.69, 9.17) is 23.2 Å². The maximum absolute atomic E-state index is 10.2. The number of aliphatic hydroxyl groups excluding tert-OH is 1. The molecule has 0 aliphatic carbocycles. The molecular weight excluding hydrogens is 271 g/mol. The Bertz CT molecular complexity index is 540. The zero-order valence-electron chi connectivity index (χ0n) is 9.98. The molecule has 18 heavy (non-hydrogen) atoms. The van der Waals surface area contributed by atoms with Gasteiger partial charge in [-0.1, -0.05) is 35.3 Å². The van der Waals surface area contributed by atoms with Gasteiger partial charge in [-0.25, -0.2) is 0 Å². The van der Waals surface area contributed by atoms with Gasteiger partial charge in [-0.3, -0.25) is 4.68 Å². The molecular formula is C13H14Cl2N2O. The van der Waals surface area contributed by atoms with E-state index in [0.29, 0.717) is 22.0 Å². The van der Waals surface area contributed by atoms with E-state index in [-0.39, 0.29) is 0 Å². The van der Waals surface area contributed by atoms with E-state index in [0.717, 1.165) is 12.1 Å². The molecule has 1 heterocycles. The van der Waals surface area contributed by atoms with Crippen LogP contribution in [-0.2, 0) is 13.0 Å². The Morgan fingerprint density at radius 2 is 2.17 bits per heavy atom. The highest BCUT2D eigenvalue weighted by molar-refractivity contribution is 6.42. The van der Waals surface area contributed by atoms with Crippen LogP contribution in [0, 0.1) is 0 Å². The molecule has 5 heteroatoms. The summed E-state index contributed by atoms with van der Waals surface area (Å²) in [6.07, 6.45) is 3.47. The quantitative estimate of drug-likeness (QED) is 0.933. The molecule has 0 aliphatic heterocycles. The Labute approximate surface area is 116 Å². The Morgan fingerprint density at radius 1 is 1.39 bits per heavy atom. The third kappa shape index (κ3) is 2.86. The van der Waals surface area contributed by atoms with Crippen molar-refractivity contribution in [2.75, 3.05) is 0 Å². The van der Waals surface area contributed by atoms with Crippen LogP contribution in [0.25, 0.3) is 0 Å². The topological polar surface area (TPSA) is 38.0 Å². The molecule has 2 rings (SSSR count). The summed E-state index contributed by atoms with van der Waals surface area (Å²) in [5.41, 5.74) is 1.62.